The fourth-order valence-corrected chi connectivity index (χ4v) is 1.66. The van der Waals surface area contributed by atoms with Gasteiger partial charge in [0, 0.05) is 5.69 Å². The zero-order chi connectivity index (χ0) is 13.1. The van der Waals surface area contributed by atoms with Gasteiger partial charge in [0.2, 0.25) is 0 Å². The van der Waals surface area contributed by atoms with Gasteiger partial charge in [0.1, 0.15) is 5.82 Å². The molecule has 0 aromatic heterocycles. The van der Waals surface area contributed by atoms with Gasteiger partial charge in [-0.3, -0.25) is 0 Å². The van der Waals surface area contributed by atoms with E-state index in [9.17, 15) is 4.39 Å². The van der Waals surface area contributed by atoms with Crippen molar-refractivity contribution in [1.29, 1.82) is 5.26 Å². The number of nitrogens with one attached hydrogen (secondary N) is 1. The number of nitriles is 1. The Morgan fingerprint density at radius 1 is 1.22 bits per heavy atom. The number of benzene rings is 2. The van der Waals surface area contributed by atoms with Crippen molar-refractivity contribution in [3.63, 3.8) is 0 Å². The van der Waals surface area contributed by atoms with Crippen LogP contribution in [0.25, 0.3) is 0 Å². The van der Waals surface area contributed by atoms with E-state index < -0.39 is 5.82 Å². The van der Waals surface area contributed by atoms with Crippen molar-refractivity contribution in [2.24, 2.45) is 0 Å². The number of rotatable bonds is 2. The lowest BCUT2D eigenvalue weighted by Crippen LogP contribution is -1.97. The van der Waals surface area contributed by atoms with Crippen molar-refractivity contribution in [1.82, 2.24) is 0 Å². The molecule has 0 heterocycles. The fourth-order valence-electron chi connectivity index (χ4n) is 1.48. The minimum absolute atomic E-state index is 0.0345. The van der Waals surface area contributed by atoms with Gasteiger partial charge in [-0.15, -0.1) is 0 Å². The van der Waals surface area contributed by atoms with Gasteiger partial charge in [-0.25, -0.2) is 4.39 Å². The van der Waals surface area contributed by atoms with E-state index in [0.29, 0.717) is 22.6 Å². The molecule has 18 heavy (non-hydrogen) atoms. The third-order valence-corrected chi connectivity index (χ3v) is 2.67. The molecular weight excluding hydrogens is 253 g/mol. The maximum atomic E-state index is 13.0. The van der Waals surface area contributed by atoms with E-state index >= 15 is 0 Å². The Morgan fingerprint density at radius 2 is 2.00 bits per heavy atom. The van der Waals surface area contributed by atoms with Crippen molar-refractivity contribution in [2.75, 3.05) is 11.1 Å². The molecule has 0 amide bonds. The van der Waals surface area contributed by atoms with Gasteiger partial charge >= 0.3 is 0 Å². The van der Waals surface area contributed by atoms with Gasteiger partial charge in [0.15, 0.2) is 0 Å². The summed E-state index contributed by atoms with van der Waals surface area (Å²) in [6.07, 6.45) is 0. The normalized spacial score (nSPS) is 9.83. The largest absolute Gasteiger partial charge is 0.397 e. The second-order valence-electron chi connectivity index (χ2n) is 3.67. The van der Waals surface area contributed by atoms with Crippen LogP contribution in [0.2, 0.25) is 5.02 Å². The van der Waals surface area contributed by atoms with Crippen LogP contribution in [-0.2, 0) is 0 Å². The van der Waals surface area contributed by atoms with Crippen molar-refractivity contribution < 1.29 is 4.39 Å². The minimum atomic E-state index is -0.477. The molecule has 0 fully saturated rings. The maximum absolute atomic E-state index is 13.0. The molecule has 0 unspecified atom stereocenters. The topological polar surface area (TPSA) is 61.8 Å². The molecule has 3 nitrogen and oxygen atoms in total. The molecular formula is C13H9ClFN3. The average molecular weight is 262 g/mol. The predicted molar refractivity (Wildman–Crippen MR) is 70.3 cm³/mol. The maximum Gasteiger partial charge on any atom is 0.141 e. The van der Waals surface area contributed by atoms with Crippen molar-refractivity contribution in [3.8, 4) is 6.07 Å². The smallest absolute Gasteiger partial charge is 0.141 e. The van der Waals surface area contributed by atoms with Crippen LogP contribution in [0.5, 0.6) is 0 Å². The molecule has 0 radical (unpaired) electrons. The van der Waals surface area contributed by atoms with Crippen LogP contribution < -0.4 is 11.1 Å². The summed E-state index contributed by atoms with van der Waals surface area (Å²) in [5.74, 6) is -0.477. The van der Waals surface area contributed by atoms with Gasteiger partial charge in [-0.05, 0) is 36.4 Å². The summed E-state index contributed by atoms with van der Waals surface area (Å²) in [6.45, 7) is 0. The molecule has 0 aliphatic carbocycles. The summed E-state index contributed by atoms with van der Waals surface area (Å²) in [4.78, 5) is 0. The van der Waals surface area contributed by atoms with Gasteiger partial charge in [0.25, 0.3) is 0 Å². The molecule has 0 spiro atoms. The number of anilines is 3. The van der Waals surface area contributed by atoms with Crippen LogP contribution in [0.4, 0.5) is 21.5 Å². The van der Waals surface area contributed by atoms with Gasteiger partial charge in [-0.1, -0.05) is 11.6 Å². The number of nitrogens with zero attached hydrogens (tertiary/aromatic N) is 1. The highest BCUT2D eigenvalue weighted by Gasteiger charge is 2.04. The molecule has 0 aliphatic rings. The monoisotopic (exact) mass is 261 g/mol. The molecule has 0 atom stereocenters. The third kappa shape index (κ3) is 2.53. The summed E-state index contributed by atoms with van der Waals surface area (Å²) in [7, 11) is 0. The first kappa shape index (κ1) is 12.2. The SMILES string of the molecule is N#Cc1ccc(Nc2ccc(F)c(Cl)c2)c(N)c1. The summed E-state index contributed by atoms with van der Waals surface area (Å²) in [5.41, 5.74) is 7.97. The summed E-state index contributed by atoms with van der Waals surface area (Å²) in [6, 6.07) is 11.2. The molecule has 90 valence electrons. The predicted octanol–water partition coefficient (Wildman–Crippen LogP) is 3.68. The highest BCUT2D eigenvalue weighted by Crippen LogP contribution is 2.26. The van der Waals surface area contributed by atoms with Crippen molar-refractivity contribution >= 4 is 28.7 Å². The van der Waals surface area contributed by atoms with E-state index in [0.717, 1.165) is 0 Å². The Hall–Kier alpha value is -2.25. The first-order valence-electron chi connectivity index (χ1n) is 5.12. The molecule has 2 rings (SSSR count). The summed E-state index contributed by atoms with van der Waals surface area (Å²) >= 11 is 5.68. The molecule has 5 heteroatoms. The third-order valence-electron chi connectivity index (χ3n) is 2.38. The first-order chi connectivity index (χ1) is 8.60. The van der Waals surface area contributed by atoms with Crippen LogP contribution in [-0.4, -0.2) is 0 Å². The summed E-state index contributed by atoms with van der Waals surface area (Å²) < 4.78 is 13.0. The molecule has 0 saturated carbocycles. The highest BCUT2D eigenvalue weighted by molar-refractivity contribution is 6.31. The lowest BCUT2D eigenvalue weighted by atomic mass is 10.2. The Bertz CT molecular complexity index is 635. The number of halogens is 2. The van der Waals surface area contributed by atoms with Gasteiger partial charge < -0.3 is 11.1 Å². The second-order valence-corrected chi connectivity index (χ2v) is 4.07. The van der Waals surface area contributed by atoms with Crippen LogP contribution in [0.15, 0.2) is 36.4 Å². The Morgan fingerprint density at radius 3 is 2.61 bits per heavy atom. The zero-order valence-electron chi connectivity index (χ0n) is 9.24. The quantitative estimate of drug-likeness (QED) is 0.811. The average Bonchev–Trinajstić information content (AvgIpc) is 2.36. The molecule has 3 N–H and O–H groups in total. The number of nitrogen functional groups attached to an aromatic ring is 1. The fraction of sp³-hybridized carbons (Fsp3) is 0. The zero-order valence-corrected chi connectivity index (χ0v) is 10.0. The molecule has 2 aromatic carbocycles. The number of hydrogen-bond donors (Lipinski definition) is 2. The van der Waals surface area contributed by atoms with Crippen molar-refractivity contribution in [3.05, 3.63) is 52.8 Å². The van der Waals surface area contributed by atoms with Gasteiger partial charge in [-0.2, -0.15) is 5.26 Å². The Kier molecular flexibility index (Phi) is 3.35. The molecule has 2 aromatic rings. The van der Waals surface area contributed by atoms with E-state index in [1.165, 1.54) is 12.1 Å². The number of nitrogens with two attached hydrogens (primary N) is 1. The van der Waals surface area contributed by atoms with Crippen LogP contribution in [0.3, 0.4) is 0 Å². The highest BCUT2D eigenvalue weighted by atomic mass is 35.5. The molecule has 0 bridgehead atoms. The van der Waals surface area contributed by atoms with Gasteiger partial charge in [0.05, 0.1) is 28.0 Å². The van der Waals surface area contributed by atoms with Crippen LogP contribution >= 0.6 is 11.6 Å². The number of hydrogen-bond acceptors (Lipinski definition) is 3. The lowest BCUT2D eigenvalue weighted by Gasteiger charge is -2.10. The van der Waals surface area contributed by atoms with Crippen molar-refractivity contribution in [2.45, 2.75) is 0 Å². The summed E-state index contributed by atoms with van der Waals surface area (Å²) in [5, 5.41) is 11.8. The lowest BCUT2D eigenvalue weighted by molar-refractivity contribution is 0.628. The van der Waals surface area contributed by atoms with E-state index in [4.69, 9.17) is 22.6 Å². The Balaban J connectivity index is 2.29. The minimum Gasteiger partial charge on any atom is -0.397 e. The van der Waals surface area contributed by atoms with Crippen LogP contribution in [0, 0.1) is 17.1 Å². The molecule has 0 aliphatic heterocycles. The van der Waals surface area contributed by atoms with E-state index in [1.807, 2.05) is 6.07 Å². The molecule has 0 saturated heterocycles. The standard InChI is InChI=1S/C13H9ClFN3/c14-10-6-9(2-3-11(10)15)18-13-4-1-8(7-16)5-12(13)17/h1-6,18H,17H2. The van der Waals surface area contributed by atoms with E-state index in [-0.39, 0.29) is 5.02 Å². The Labute approximate surface area is 109 Å². The van der Waals surface area contributed by atoms with E-state index in [1.54, 1.807) is 24.3 Å². The first-order valence-corrected chi connectivity index (χ1v) is 5.49. The van der Waals surface area contributed by atoms with Crippen LogP contribution in [0.1, 0.15) is 5.56 Å². The second kappa shape index (κ2) is 4.94. The van der Waals surface area contributed by atoms with E-state index in [2.05, 4.69) is 5.32 Å².